The number of furan rings is 1. The Balaban J connectivity index is 1.56. The first-order valence-electron chi connectivity index (χ1n) is 9.24. The molecule has 0 spiro atoms. The zero-order valence-electron chi connectivity index (χ0n) is 16.6. The molecule has 0 aliphatic heterocycles. The molecule has 0 radical (unpaired) electrons. The fraction of sp³-hybridized carbons (Fsp3) is 0.0952. The maximum absolute atomic E-state index is 14.3. The van der Waals surface area contributed by atoms with Gasteiger partial charge in [-0.1, -0.05) is 6.07 Å². The molecule has 0 bridgehead atoms. The monoisotopic (exact) mass is 420 g/mol. The van der Waals surface area contributed by atoms with Crippen LogP contribution in [0.1, 0.15) is 32.3 Å². The Labute approximate surface area is 175 Å². The van der Waals surface area contributed by atoms with Gasteiger partial charge in [0, 0.05) is 11.3 Å². The summed E-state index contributed by atoms with van der Waals surface area (Å²) in [5.74, 6) is -0.939. The van der Waals surface area contributed by atoms with Crippen LogP contribution in [0.15, 0.2) is 59.2 Å². The van der Waals surface area contributed by atoms with E-state index in [0.29, 0.717) is 17.2 Å². The first-order valence-corrected chi connectivity index (χ1v) is 9.24. The molecule has 31 heavy (non-hydrogen) atoms. The zero-order chi connectivity index (χ0) is 22.0. The Morgan fingerprint density at radius 3 is 2.52 bits per heavy atom. The van der Waals surface area contributed by atoms with Crippen LogP contribution in [0.4, 0.5) is 15.8 Å². The highest BCUT2D eigenvalue weighted by Gasteiger charge is 2.15. The van der Waals surface area contributed by atoms with Crippen molar-refractivity contribution in [2.24, 2.45) is 0 Å². The maximum Gasteiger partial charge on any atom is 0.291 e. The SMILES string of the molecule is Cc1ccc(C(=O)Nc2cc(-n3nnnc3C)ccc2F)cc1NC(=O)c1ccco1. The number of aromatic nitrogens is 4. The quantitative estimate of drug-likeness (QED) is 0.511. The summed E-state index contributed by atoms with van der Waals surface area (Å²) >= 11 is 0. The average molecular weight is 420 g/mol. The first-order chi connectivity index (χ1) is 14.9. The van der Waals surface area contributed by atoms with Gasteiger partial charge in [0.1, 0.15) is 5.82 Å². The lowest BCUT2D eigenvalue weighted by Crippen LogP contribution is -2.16. The summed E-state index contributed by atoms with van der Waals surface area (Å²) in [5, 5.41) is 16.4. The van der Waals surface area contributed by atoms with E-state index in [1.165, 1.54) is 41.3 Å². The van der Waals surface area contributed by atoms with Crippen molar-refractivity contribution in [2.75, 3.05) is 10.6 Å². The van der Waals surface area contributed by atoms with E-state index in [0.717, 1.165) is 5.56 Å². The van der Waals surface area contributed by atoms with E-state index in [2.05, 4.69) is 26.2 Å². The predicted octanol–water partition coefficient (Wildman–Crippen LogP) is 3.52. The first kappa shape index (κ1) is 20.0. The molecule has 0 atom stereocenters. The number of tetrazole rings is 1. The molecule has 9 nitrogen and oxygen atoms in total. The molecule has 2 heterocycles. The van der Waals surface area contributed by atoms with Crippen molar-refractivity contribution < 1.29 is 18.4 Å². The van der Waals surface area contributed by atoms with Crippen molar-refractivity contribution in [3.63, 3.8) is 0 Å². The van der Waals surface area contributed by atoms with E-state index in [-0.39, 0.29) is 17.0 Å². The number of anilines is 2. The zero-order valence-corrected chi connectivity index (χ0v) is 16.6. The number of hydrogen-bond acceptors (Lipinski definition) is 6. The number of carbonyl (C=O) groups is 2. The molecular formula is C21H17FN6O3. The van der Waals surface area contributed by atoms with Crippen LogP contribution >= 0.6 is 0 Å². The molecule has 2 aromatic carbocycles. The van der Waals surface area contributed by atoms with Gasteiger partial charge < -0.3 is 15.1 Å². The van der Waals surface area contributed by atoms with Gasteiger partial charge in [-0.15, -0.1) is 5.10 Å². The largest absolute Gasteiger partial charge is 0.459 e. The molecule has 10 heteroatoms. The van der Waals surface area contributed by atoms with E-state index >= 15 is 0 Å². The number of rotatable bonds is 5. The van der Waals surface area contributed by atoms with E-state index < -0.39 is 17.6 Å². The van der Waals surface area contributed by atoms with E-state index in [4.69, 9.17) is 4.42 Å². The van der Waals surface area contributed by atoms with Gasteiger partial charge in [-0.2, -0.15) is 4.68 Å². The van der Waals surface area contributed by atoms with Crippen LogP contribution in [0.25, 0.3) is 5.69 Å². The number of carbonyl (C=O) groups excluding carboxylic acids is 2. The highest BCUT2D eigenvalue weighted by atomic mass is 19.1. The van der Waals surface area contributed by atoms with Crippen LogP contribution in [0, 0.1) is 19.7 Å². The third-order valence-corrected chi connectivity index (χ3v) is 4.56. The Morgan fingerprint density at radius 1 is 1.00 bits per heavy atom. The van der Waals surface area contributed by atoms with E-state index in [1.54, 1.807) is 32.0 Å². The van der Waals surface area contributed by atoms with Crippen LogP contribution in [-0.4, -0.2) is 32.0 Å². The van der Waals surface area contributed by atoms with Crippen molar-refractivity contribution in [3.05, 3.63) is 83.3 Å². The van der Waals surface area contributed by atoms with Gasteiger partial charge in [0.2, 0.25) is 0 Å². The van der Waals surface area contributed by atoms with Crippen molar-refractivity contribution in [2.45, 2.75) is 13.8 Å². The number of halogens is 1. The Hall–Kier alpha value is -4.34. The van der Waals surface area contributed by atoms with Crippen LogP contribution in [0.3, 0.4) is 0 Å². The number of nitrogens with zero attached hydrogens (tertiary/aromatic N) is 4. The normalized spacial score (nSPS) is 10.7. The third-order valence-electron chi connectivity index (χ3n) is 4.56. The molecule has 0 unspecified atom stereocenters. The summed E-state index contributed by atoms with van der Waals surface area (Å²) in [5.41, 5.74) is 1.89. The van der Waals surface area contributed by atoms with E-state index in [1.807, 2.05) is 0 Å². The molecule has 2 aromatic heterocycles. The minimum absolute atomic E-state index is 0.0286. The summed E-state index contributed by atoms with van der Waals surface area (Å²) < 4.78 is 20.8. The standard InChI is InChI=1S/C21H17FN6O3/c1-12-5-6-14(10-17(12)23-21(30)19-4-3-9-31-19)20(29)24-18-11-15(7-8-16(18)22)28-13(2)25-26-27-28/h3-11H,1-2H3,(H,23,30)(H,24,29). The summed E-state index contributed by atoms with van der Waals surface area (Å²) in [4.78, 5) is 25.0. The Kier molecular flexibility index (Phi) is 5.27. The molecular weight excluding hydrogens is 403 g/mol. The van der Waals surface area contributed by atoms with Crippen molar-refractivity contribution in [3.8, 4) is 5.69 Å². The van der Waals surface area contributed by atoms with Gasteiger partial charge >= 0.3 is 0 Å². The van der Waals surface area contributed by atoms with Crippen LogP contribution in [-0.2, 0) is 0 Å². The average Bonchev–Trinajstić information content (AvgIpc) is 3.43. The molecule has 0 saturated heterocycles. The highest BCUT2D eigenvalue weighted by Crippen LogP contribution is 2.22. The van der Waals surface area contributed by atoms with E-state index in [9.17, 15) is 14.0 Å². The number of aryl methyl sites for hydroxylation is 2. The van der Waals surface area contributed by atoms with Gasteiger partial charge in [0.05, 0.1) is 17.6 Å². The Bertz CT molecular complexity index is 1270. The van der Waals surface area contributed by atoms with Crippen LogP contribution in [0.5, 0.6) is 0 Å². The van der Waals surface area contributed by atoms with Crippen molar-refractivity contribution >= 4 is 23.2 Å². The van der Waals surface area contributed by atoms with Crippen molar-refractivity contribution in [1.29, 1.82) is 0 Å². The second-order valence-electron chi connectivity index (χ2n) is 6.72. The lowest BCUT2D eigenvalue weighted by Gasteiger charge is -2.12. The summed E-state index contributed by atoms with van der Waals surface area (Å²) in [6.45, 7) is 3.49. The number of nitrogens with one attached hydrogen (secondary N) is 2. The molecule has 2 amide bonds. The lowest BCUT2D eigenvalue weighted by atomic mass is 10.1. The topological polar surface area (TPSA) is 115 Å². The highest BCUT2D eigenvalue weighted by molar-refractivity contribution is 6.07. The molecule has 2 N–H and O–H groups in total. The molecule has 0 aliphatic rings. The van der Waals surface area contributed by atoms with Crippen LogP contribution in [0.2, 0.25) is 0 Å². The summed E-state index contributed by atoms with van der Waals surface area (Å²) in [7, 11) is 0. The minimum atomic E-state index is -0.610. The number of amides is 2. The van der Waals surface area contributed by atoms with Gasteiger partial charge in [-0.05, 0) is 72.3 Å². The summed E-state index contributed by atoms with van der Waals surface area (Å²) in [6, 6.07) is 12.1. The fourth-order valence-corrected chi connectivity index (χ4v) is 2.90. The molecule has 0 saturated carbocycles. The number of benzene rings is 2. The summed E-state index contributed by atoms with van der Waals surface area (Å²) in [6.07, 6.45) is 1.39. The van der Waals surface area contributed by atoms with Crippen LogP contribution < -0.4 is 10.6 Å². The lowest BCUT2D eigenvalue weighted by molar-refractivity contribution is 0.0993. The smallest absolute Gasteiger partial charge is 0.291 e. The molecule has 0 fully saturated rings. The molecule has 4 aromatic rings. The second kappa shape index (κ2) is 8.19. The third kappa shape index (κ3) is 4.17. The van der Waals surface area contributed by atoms with Gasteiger partial charge in [-0.3, -0.25) is 9.59 Å². The van der Waals surface area contributed by atoms with Gasteiger partial charge in [0.25, 0.3) is 11.8 Å². The maximum atomic E-state index is 14.3. The predicted molar refractivity (Wildman–Crippen MR) is 110 cm³/mol. The number of hydrogen-bond donors (Lipinski definition) is 2. The van der Waals surface area contributed by atoms with Gasteiger partial charge in [-0.25, -0.2) is 4.39 Å². The molecule has 4 rings (SSSR count). The molecule has 156 valence electrons. The fourth-order valence-electron chi connectivity index (χ4n) is 2.90. The Morgan fingerprint density at radius 2 is 1.81 bits per heavy atom. The van der Waals surface area contributed by atoms with Gasteiger partial charge in [0.15, 0.2) is 11.6 Å². The van der Waals surface area contributed by atoms with Crippen molar-refractivity contribution in [1.82, 2.24) is 20.2 Å². The minimum Gasteiger partial charge on any atom is -0.459 e. The second-order valence-corrected chi connectivity index (χ2v) is 6.72. The molecule has 0 aliphatic carbocycles.